The molecule has 0 aromatic carbocycles. The lowest BCUT2D eigenvalue weighted by Crippen LogP contribution is -2.35. The van der Waals surface area contributed by atoms with E-state index in [-0.39, 0.29) is 6.10 Å². The predicted octanol–water partition coefficient (Wildman–Crippen LogP) is 4.10. The zero-order valence-corrected chi connectivity index (χ0v) is 18.7. The third kappa shape index (κ3) is 4.40. The first-order valence-electron chi connectivity index (χ1n) is 10.6. The largest absolute Gasteiger partial charge is 0.376 e. The number of thioether (sulfide) groups is 1. The van der Waals surface area contributed by atoms with Gasteiger partial charge in [-0.25, -0.2) is 0 Å². The van der Waals surface area contributed by atoms with Crippen molar-refractivity contribution in [3.05, 3.63) is 23.4 Å². The average Bonchev–Trinajstić information content (AvgIpc) is 3.55. The molecule has 3 aromatic heterocycles. The fourth-order valence-electron chi connectivity index (χ4n) is 3.93. The lowest BCUT2D eigenvalue weighted by Gasteiger charge is -2.31. The third-order valence-electron chi connectivity index (χ3n) is 5.71. The summed E-state index contributed by atoms with van der Waals surface area (Å²) in [4.78, 5) is 7.91. The number of piperidine rings is 1. The van der Waals surface area contributed by atoms with Crippen molar-refractivity contribution in [2.45, 2.75) is 56.2 Å². The van der Waals surface area contributed by atoms with Crippen LogP contribution in [0.1, 0.15) is 38.5 Å². The molecule has 2 fully saturated rings. The first-order chi connectivity index (χ1) is 14.8. The Morgan fingerprint density at radius 1 is 1.23 bits per heavy atom. The summed E-state index contributed by atoms with van der Waals surface area (Å²) < 4.78 is 13.6. The number of rotatable bonds is 7. The van der Waals surface area contributed by atoms with Crippen molar-refractivity contribution < 1.29 is 9.26 Å². The van der Waals surface area contributed by atoms with Gasteiger partial charge in [0.25, 0.3) is 0 Å². The first kappa shape index (κ1) is 20.0. The number of hydrogen-bond donors (Lipinski definition) is 0. The minimum Gasteiger partial charge on any atom is -0.376 e. The second-order valence-electron chi connectivity index (χ2n) is 7.98. The van der Waals surface area contributed by atoms with E-state index in [2.05, 4.69) is 36.7 Å². The minimum atomic E-state index is 0.233. The van der Waals surface area contributed by atoms with Gasteiger partial charge in [0.15, 0.2) is 5.16 Å². The topological polar surface area (TPSA) is 82.1 Å². The molecule has 0 spiro atoms. The second-order valence-corrected chi connectivity index (χ2v) is 9.87. The van der Waals surface area contributed by atoms with E-state index in [0.717, 1.165) is 61.0 Å². The monoisotopic (exact) mass is 446 g/mol. The van der Waals surface area contributed by atoms with Crippen LogP contribution >= 0.6 is 23.1 Å². The molecule has 1 atom stereocenters. The lowest BCUT2D eigenvalue weighted by atomic mass is 10.00. The molecule has 8 nitrogen and oxygen atoms in total. The number of anilines is 1. The van der Waals surface area contributed by atoms with Crippen LogP contribution in [-0.4, -0.2) is 50.7 Å². The van der Waals surface area contributed by atoms with E-state index in [1.54, 1.807) is 23.1 Å². The molecule has 5 heterocycles. The van der Waals surface area contributed by atoms with Crippen molar-refractivity contribution >= 4 is 29.0 Å². The highest BCUT2D eigenvalue weighted by molar-refractivity contribution is 7.98. The molecule has 0 radical (unpaired) electrons. The smallest absolute Gasteiger partial charge is 0.237 e. The van der Waals surface area contributed by atoms with Gasteiger partial charge in [0, 0.05) is 19.7 Å². The Kier molecular flexibility index (Phi) is 6.05. The van der Waals surface area contributed by atoms with Crippen LogP contribution in [0, 0.1) is 5.92 Å². The summed E-state index contributed by atoms with van der Waals surface area (Å²) in [6.07, 6.45) is 4.84. The van der Waals surface area contributed by atoms with Gasteiger partial charge in [-0.05, 0) is 43.0 Å². The molecular weight excluding hydrogens is 420 g/mol. The van der Waals surface area contributed by atoms with E-state index < -0.39 is 0 Å². The van der Waals surface area contributed by atoms with Gasteiger partial charge in [-0.2, -0.15) is 4.98 Å². The quantitative estimate of drug-likeness (QED) is 0.502. The number of hydrogen-bond acceptors (Lipinski definition) is 9. The summed E-state index contributed by atoms with van der Waals surface area (Å²) in [5.41, 5.74) is 0. The molecule has 30 heavy (non-hydrogen) atoms. The fourth-order valence-corrected chi connectivity index (χ4v) is 5.36. The van der Waals surface area contributed by atoms with Gasteiger partial charge in [-0.15, -0.1) is 21.5 Å². The summed E-state index contributed by atoms with van der Waals surface area (Å²) in [5, 5.41) is 16.1. The van der Waals surface area contributed by atoms with Crippen molar-refractivity contribution in [3.8, 4) is 10.7 Å². The lowest BCUT2D eigenvalue weighted by molar-refractivity contribution is 0.0951. The summed E-state index contributed by atoms with van der Waals surface area (Å²) in [5.74, 6) is 3.55. The van der Waals surface area contributed by atoms with Crippen LogP contribution in [0.2, 0.25) is 0 Å². The summed E-state index contributed by atoms with van der Waals surface area (Å²) in [6, 6.07) is 3.98. The molecule has 0 amide bonds. The molecule has 5 rings (SSSR count). The van der Waals surface area contributed by atoms with Crippen molar-refractivity contribution in [1.29, 1.82) is 0 Å². The molecule has 0 N–H and O–H groups in total. The average molecular weight is 447 g/mol. The minimum absolute atomic E-state index is 0.233. The molecule has 0 saturated carbocycles. The van der Waals surface area contributed by atoms with Crippen molar-refractivity contribution in [1.82, 2.24) is 24.9 Å². The summed E-state index contributed by atoms with van der Waals surface area (Å²) in [6.45, 7) is 6.03. The Hall–Kier alpha value is -1.91. The third-order valence-corrected chi connectivity index (χ3v) is 7.53. The molecule has 2 aliphatic heterocycles. The number of ether oxygens (including phenoxy) is 1. The van der Waals surface area contributed by atoms with Crippen LogP contribution in [0.3, 0.4) is 0 Å². The number of thiophene rings is 1. The molecule has 0 aliphatic carbocycles. The van der Waals surface area contributed by atoms with E-state index >= 15 is 0 Å². The maximum absolute atomic E-state index is 5.90. The fraction of sp³-hybridized carbons (Fsp3) is 0.600. The van der Waals surface area contributed by atoms with E-state index in [1.165, 1.54) is 12.8 Å². The maximum Gasteiger partial charge on any atom is 0.237 e. The van der Waals surface area contributed by atoms with Gasteiger partial charge in [-0.1, -0.05) is 29.9 Å². The molecule has 0 unspecified atom stereocenters. The molecule has 2 saturated heterocycles. The van der Waals surface area contributed by atoms with Gasteiger partial charge >= 0.3 is 0 Å². The van der Waals surface area contributed by atoms with Crippen LogP contribution in [0.4, 0.5) is 5.95 Å². The Balaban J connectivity index is 1.32. The van der Waals surface area contributed by atoms with Gasteiger partial charge in [0.1, 0.15) is 0 Å². The molecule has 160 valence electrons. The molecular formula is C20H26N6O2S2. The highest BCUT2D eigenvalue weighted by Gasteiger charge is 2.26. The SMILES string of the molecule is CC1CCN(c2nnc(SCc3nc(-c4cccs4)no3)n2C[C@H]2CCCO2)CC1. The van der Waals surface area contributed by atoms with Crippen LogP contribution in [0.5, 0.6) is 0 Å². The van der Waals surface area contributed by atoms with Gasteiger partial charge < -0.3 is 14.2 Å². The number of nitrogens with zero attached hydrogens (tertiary/aromatic N) is 6. The van der Waals surface area contributed by atoms with Crippen LogP contribution in [0.25, 0.3) is 10.7 Å². The van der Waals surface area contributed by atoms with Gasteiger partial charge in [0.2, 0.25) is 17.7 Å². The first-order valence-corrected chi connectivity index (χ1v) is 12.4. The van der Waals surface area contributed by atoms with Gasteiger partial charge in [-0.3, -0.25) is 4.57 Å². The highest BCUT2D eigenvalue weighted by Crippen LogP contribution is 2.30. The van der Waals surface area contributed by atoms with Crippen molar-refractivity contribution in [2.24, 2.45) is 5.92 Å². The Labute approximate surface area is 184 Å². The van der Waals surface area contributed by atoms with Crippen LogP contribution in [0.15, 0.2) is 27.2 Å². The Bertz CT molecular complexity index is 943. The molecule has 2 aliphatic rings. The summed E-state index contributed by atoms with van der Waals surface area (Å²) in [7, 11) is 0. The second kappa shape index (κ2) is 9.07. The van der Waals surface area contributed by atoms with Crippen molar-refractivity contribution in [3.63, 3.8) is 0 Å². The van der Waals surface area contributed by atoms with Crippen LogP contribution in [-0.2, 0) is 17.0 Å². The Morgan fingerprint density at radius 2 is 2.13 bits per heavy atom. The van der Waals surface area contributed by atoms with E-state index in [1.807, 2.05) is 17.5 Å². The van der Waals surface area contributed by atoms with E-state index in [4.69, 9.17) is 9.26 Å². The Morgan fingerprint density at radius 3 is 2.90 bits per heavy atom. The maximum atomic E-state index is 5.90. The molecule has 3 aromatic rings. The van der Waals surface area contributed by atoms with Crippen LogP contribution < -0.4 is 4.90 Å². The predicted molar refractivity (Wildman–Crippen MR) is 117 cm³/mol. The zero-order chi connectivity index (χ0) is 20.3. The van der Waals surface area contributed by atoms with Gasteiger partial charge in [0.05, 0.1) is 23.3 Å². The number of aromatic nitrogens is 5. The van der Waals surface area contributed by atoms with Crippen molar-refractivity contribution in [2.75, 3.05) is 24.6 Å². The highest BCUT2D eigenvalue weighted by atomic mass is 32.2. The molecule has 0 bridgehead atoms. The van der Waals surface area contributed by atoms with E-state index in [9.17, 15) is 0 Å². The summed E-state index contributed by atoms with van der Waals surface area (Å²) >= 11 is 3.20. The normalized spacial score (nSPS) is 20.3. The molecule has 10 heteroatoms. The zero-order valence-electron chi connectivity index (χ0n) is 17.1. The van der Waals surface area contributed by atoms with E-state index in [0.29, 0.717) is 17.5 Å². The standard InChI is InChI=1S/C20H26N6O2S2/c1-14-6-8-25(9-7-14)19-22-23-20(26(19)12-15-4-2-10-27-15)30-13-17-21-18(24-28-17)16-5-3-11-29-16/h3,5,11,14-15H,2,4,6-10,12-13H2,1H3/t15-/m1/s1.